The van der Waals surface area contributed by atoms with Crippen molar-refractivity contribution in [3.8, 4) is 0 Å². The number of fused-ring (bicyclic) bond motifs is 5. The minimum atomic E-state index is -1.66. The maximum atomic E-state index is 12.4. The van der Waals surface area contributed by atoms with Crippen molar-refractivity contribution in [2.45, 2.75) is 125 Å². The van der Waals surface area contributed by atoms with E-state index in [1.165, 1.54) is 6.92 Å². The monoisotopic (exact) mass is 586 g/mol. The molecule has 6 aliphatic rings. The molecule has 12 heteroatoms. The lowest BCUT2D eigenvalue weighted by atomic mass is 9.40. The molecule has 0 amide bonds. The third-order valence-corrected chi connectivity index (χ3v) is 12.6. The van der Waals surface area contributed by atoms with Gasteiger partial charge in [0.15, 0.2) is 6.29 Å². The summed E-state index contributed by atoms with van der Waals surface area (Å²) in [5.74, 6) is -1.63. The lowest BCUT2D eigenvalue weighted by molar-refractivity contribution is -0.342. The van der Waals surface area contributed by atoms with Gasteiger partial charge in [-0.05, 0) is 50.9 Å². The van der Waals surface area contributed by atoms with Crippen molar-refractivity contribution in [2.75, 3.05) is 13.2 Å². The first kappa shape index (κ1) is 30.1. The molecule has 0 radical (unpaired) electrons. The summed E-state index contributed by atoms with van der Waals surface area (Å²) in [6, 6.07) is 0. The Hall–Kier alpha value is -0.930. The van der Waals surface area contributed by atoms with E-state index in [0.717, 1.165) is 0 Å². The zero-order chi connectivity index (χ0) is 29.7. The van der Waals surface area contributed by atoms with Crippen molar-refractivity contribution in [3.63, 3.8) is 0 Å². The molecule has 2 saturated heterocycles. The Morgan fingerprint density at radius 3 is 2.34 bits per heavy atom. The Morgan fingerprint density at radius 1 is 0.976 bits per heavy atom. The van der Waals surface area contributed by atoms with E-state index in [9.17, 15) is 45.6 Å². The molecular formula is C29H46O12. The van der Waals surface area contributed by atoms with Gasteiger partial charge in [0.25, 0.3) is 0 Å². The van der Waals surface area contributed by atoms with Gasteiger partial charge in [0.2, 0.25) is 0 Å². The molecular weight excluding hydrogens is 540 g/mol. The summed E-state index contributed by atoms with van der Waals surface area (Å²) in [4.78, 5) is 11.9. The van der Waals surface area contributed by atoms with Crippen LogP contribution in [0.5, 0.6) is 0 Å². The fraction of sp³-hybridized carbons (Fsp3) is 0.966. The lowest BCUT2D eigenvalue weighted by Gasteiger charge is -2.68. The Bertz CT molecular complexity index is 1030. The minimum absolute atomic E-state index is 0.0278. The van der Waals surface area contributed by atoms with E-state index in [0.29, 0.717) is 25.9 Å². The van der Waals surface area contributed by atoms with Crippen molar-refractivity contribution < 1.29 is 59.9 Å². The SMILES string of the molecule is C[C@@H]1OC(O[C@H]2C[C@@H](O)[C@]3(CO)C4C(O)C[C@]5(C)[C@@H](C6COC(=O)C6)CC[C@]5(O)C4CC[C@]3(O)C2)[C@H](O)[C@H](O)[C@H]1O. The summed E-state index contributed by atoms with van der Waals surface area (Å²) in [5.41, 5.74) is -5.13. The van der Waals surface area contributed by atoms with Crippen LogP contribution in [0.2, 0.25) is 0 Å². The second kappa shape index (κ2) is 10.0. The average molecular weight is 587 g/mol. The van der Waals surface area contributed by atoms with E-state index in [-0.39, 0.29) is 49.9 Å². The molecule has 12 nitrogen and oxygen atoms in total. The van der Waals surface area contributed by atoms with Crippen LogP contribution in [0.4, 0.5) is 0 Å². The largest absolute Gasteiger partial charge is 0.465 e. The summed E-state index contributed by atoms with van der Waals surface area (Å²) >= 11 is 0. The molecule has 4 aliphatic carbocycles. The molecule has 2 heterocycles. The second-order valence-corrected chi connectivity index (χ2v) is 14.2. The highest BCUT2D eigenvalue weighted by atomic mass is 16.7. The van der Waals surface area contributed by atoms with Gasteiger partial charge < -0.3 is 55.1 Å². The number of hydrogen-bond donors (Lipinski definition) is 8. The smallest absolute Gasteiger partial charge is 0.306 e. The summed E-state index contributed by atoms with van der Waals surface area (Å²) in [7, 11) is 0. The number of aliphatic hydroxyl groups is 8. The van der Waals surface area contributed by atoms with E-state index < -0.39 is 89.5 Å². The first-order valence-corrected chi connectivity index (χ1v) is 15.1. The van der Waals surface area contributed by atoms with Gasteiger partial charge >= 0.3 is 5.97 Å². The summed E-state index contributed by atoms with van der Waals surface area (Å²) in [6.07, 6.45) is -7.60. The molecule has 5 unspecified atom stereocenters. The molecule has 8 N–H and O–H groups in total. The first-order valence-electron chi connectivity index (χ1n) is 15.1. The van der Waals surface area contributed by atoms with Crippen molar-refractivity contribution in [1.82, 2.24) is 0 Å². The average Bonchev–Trinajstić information content (AvgIpc) is 3.45. The van der Waals surface area contributed by atoms with Crippen LogP contribution in [0.25, 0.3) is 0 Å². The van der Waals surface area contributed by atoms with Crippen LogP contribution >= 0.6 is 0 Å². The van der Waals surface area contributed by atoms with E-state index in [4.69, 9.17) is 14.2 Å². The van der Waals surface area contributed by atoms with Crippen LogP contribution in [-0.2, 0) is 19.0 Å². The van der Waals surface area contributed by atoms with Gasteiger partial charge in [-0.15, -0.1) is 0 Å². The van der Waals surface area contributed by atoms with E-state index >= 15 is 0 Å². The third kappa shape index (κ3) is 4.05. The van der Waals surface area contributed by atoms with Gasteiger partial charge in [0, 0.05) is 30.1 Å². The molecule has 234 valence electrons. The maximum absolute atomic E-state index is 12.4. The normalized spacial score (nSPS) is 58.8. The van der Waals surface area contributed by atoms with E-state index in [1.54, 1.807) is 0 Å². The van der Waals surface area contributed by atoms with Gasteiger partial charge in [-0.3, -0.25) is 4.79 Å². The minimum Gasteiger partial charge on any atom is -0.465 e. The highest BCUT2D eigenvalue weighted by Crippen LogP contribution is 2.71. The van der Waals surface area contributed by atoms with Gasteiger partial charge in [-0.1, -0.05) is 6.92 Å². The number of cyclic esters (lactones) is 1. The number of carbonyl (C=O) groups excluding carboxylic acids is 1. The van der Waals surface area contributed by atoms with E-state index in [2.05, 4.69) is 0 Å². The molecule has 0 bridgehead atoms. The summed E-state index contributed by atoms with van der Waals surface area (Å²) in [6.45, 7) is 3.20. The molecule has 4 saturated carbocycles. The highest BCUT2D eigenvalue weighted by molar-refractivity contribution is 5.71. The number of rotatable bonds is 4. The molecule has 6 rings (SSSR count). The second-order valence-electron chi connectivity index (χ2n) is 14.2. The molecule has 0 aromatic carbocycles. The van der Waals surface area contributed by atoms with Crippen molar-refractivity contribution in [3.05, 3.63) is 0 Å². The van der Waals surface area contributed by atoms with Gasteiger partial charge in [0.05, 0.1) is 60.7 Å². The number of carbonyl (C=O) groups is 1. The molecule has 6 fully saturated rings. The number of ether oxygens (including phenoxy) is 3. The van der Waals surface area contributed by atoms with Crippen molar-refractivity contribution in [1.29, 1.82) is 0 Å². The standard InChI is InChI=1S/C29H46O12/c1-13-22(34)23(35)24(36)25(40-13)41-15-8-19(32)28(12-30)21-17(3-5-27(28,37)9-15)29(38)6-4-16(14-7-20(33)39-11-14)26(29,2)10-18(21)31/h13-19,21-25,30-32,34-38H,3-12H2,1-2H3/t13-,14?,15-,16+,17?,18?,19+,21?,22-,23+,24+,25?,26+,27-,28+,29-/m0/s1. The number of esters is 1. The van der Waals surface area contributed by atoms with Gasteiger partial charge in [-0.25, -0.2) is 0 Å². The molecule has 0 spiro atoms. The highest BCUT2D eigenvalue weighted by Gasteiger charge is 2.75. The fourth-order valence-electron chi connectivity index (χ4n) is 10.5. The molecule has 16 atom stereocenters. The molecule has 41 heavy (non-hydrogen) atoms. The van der Waals surface area contributed by atoms with E-state index in [1.807, 2.05) is 6.92 Å². The predicted octanol–water partition coefficient (Wildman–Crippen LogP) is -1.44. The summed E-state index contributed by atoms with van der Waals surface area (Å²) in [5, 5.41) is 89.7. The Balaban J connectivity index is 1.27. The van der Waals surface area contributed by atoms with Crippen LogP contribution in [0.3, 0.4) is 0 Å². The van der Waals surface area contributed by atoms with Crippen LogP contribution in [0, 0.1) is 34.5 Å². The van der Waals surface area contributed by atoms with Crippen LogP contribution in [0.1, 0.15) is 65.2 Å². The van der Waals surface area contributed by atoms with Crippen LogP contribution < -0.4 is 0 Å². The number of aliphatic hydroxyl groups excluding tert-OH is 6. The van der Waals surface area contributed by atoms with Crippen LogP contribution in [0.15, 0.2) is 0 Å². The molecule has 0 aromatic heterocycles. The maximum Gasteiger partial charge on any atom is 0.306 e. The van der Waals surface area contributed by atoms with Crippen LogP contribution in [-0.4, -0.2) is 120 Å². The lowest BCUT2D eigenvalue weighted by Crippen LogP contribution is -2.76. The Morgan fingerprint density at radius 2 is 1.68 bits per heavy atom. The van der Waals surface area contributed by atoms with Crippen molar-refractivity contribution >= 4 is 5.97 Å². The third-order valence-electron chi connectivity index (χ3n) is 12.6. The quantitative estimate of drug-likeness (QED) is 0.141. The first-order chi connectivity index (χ1) is 19.2. The Labute approximate surface area is 239 Å². The zero-order valence-corrected chi connectivity index (χ0v) is 23.7. The number of hydrogen-bond acceptors (Lipinski definition) is 12. The molecule has 2 aliphatic heterocycles. The molecule has 0 aromatic rings. The van der Waals surface area contributed by atoms with Crippen molar-refractivity contribution in [2.24, 2.45) is 34.5 Å². The fourth-order valence-corrected chi connectivity index (χ4v) is 10.5. The summed E-state index contributed by atoms with van der Waals surface area (Å²) < 4.78 is 16.8. The zero-order valence-electron chi connectivity index (χ0n) is 23.7. The predicted molar refractivity (Wildman–Crippen MR) is 139 cm³/mol. The Kier molecular flexibility index (Phi) is 7.38. The van der Waals surface area contributed by atoms with Gasteiger partial charge in [-0.2, -0.15) is 0 Å². The topological polar surface area (TPSA) is 207 Å². The van der Waals surface area contributed by atoms with Gasteiger partial charge in [0.1, 0.15) is 18.3 Å².